The Kier molecular flexibility index (Phi) is 10.6. The number of benzene rings is 2. The Morgan fingerprint density at radius 3 is 2.35 bits per heavy atom. The molecule has 3 rings (SSSR count). The second kappa shape index (κ2) is 13.5. The van der Waals surface area contributed by atoms with Crippen LogP contribution in [0.5, 0.6) is 0 Å². The summed E-state index contributed by atoms with van der Waals surface area (Å²) in [5.41, 5.74) is 0.135. The van der Waals surface area contributed by atoms with Crippen LogP contribution >= 0.6 is 0 Å². The van der Waals surface area contributed by atoms with Crippen molar-refractivity contribution in [2.45, 2.75) is 46.1 Å². The highest BCUT2D eigenvalue weighted by molar-refractivity contribution is 7.92. The highest BCUT2D eigenvalue weighted by atomic mass is 32.2. The molecule has 0 fully saturated rings. The topological polar surface area (TPSA) is 120 Å². The summed E-state index contributed by atoms with van der Waals surface area (Å²) in [4.78, 5) is 26.3. The highest BCUT2D eigenvalue weighted by Crippen LogP contribution is 2.36. The number of unbranched alkanes of at least 4 members (excludes halogenated alkanes) is 1. The summed E-state index contributed by atoms with van der Waals surface area (Å²) in [6, 6.07) is 7.67. The van der Waals surface area contributed by atoms with Crippen molar-refractivity contribution in [1.29, 1.82) is 0 Å². The van der Waals surface area contributed by atoms with E-state index >= 15 is 4.39 Å². The third-order valence-corrected chi connectivity index (χ3v) is 8.89. The smallest absolute Gasteiger partial charge is 0.250 e. The van der Waals surface area contributed by atoms with Crippen molar-refractivity contribution in [3.63, 3.8) is 0 Å². The van der Waals surface area contributed by atoms with Crippen molar-refractivity contribution in [3.8, 4) is 11.1 Å². The van der Waals surface area contributed by atoms with Crippen LogP contribution in [0.15, 0.2) is 53.5 Å². The van der Waals surface area contributed by atoms with E-state index in [9.17, 15) is 27.0 Å². The summed E-state index contributed by atoms with van der Waals surface area (Å²) in [6.45, 7) is 5.22. The lowest BCUT2D eigenvalue weighted by Gasteiger charge is -2.23. The van der Waals surface area contributed by atoms with E-state index in [0.717, 1.165) is 31.0 Å². The van der Waals surface area contributed by atoms with E-state index in [1.807, 2.05) is 13.8 Å². The summed E-state index contributed by atoms with van der Waals surface area (Å²) < 4.78 is 72.7. The summed E-state index contributed by atoms with van der Waals surface area (Å²) in [7, 11) is -2.37. The van der Waals surface area contributed by atoms with Gasteiger partial charge in [0.2, 0.25) is 10.0 Å². The first-order chi connectivity index (χ1) is 18.9. The number of nitrogens with one attached hydrogen (secondary N) is 2. The van der Waals surface area contributed by atoms with Crippen LogP contribution < -0.4 is 15.0 Å². The summed E-state index contributed by atoms with van der Waals surface area (Å²) in [5.74, 6) is -2.08. The molecule has 1 unspecified atom stereocenters. The Morgan fingerprint density at radius 2 is 1.75 bits per heavy atom. The highest BCUT2D eigenvalue weighted by Gasteiger charge is 2.26. The molecule has 0 saturated carbocycles. The van der Waals surface area contributed by atoms with Gasteiger partial charge in [-0.2, -0.15) is 0 Å². The number of hydrogen-bond donors (Lipinski definition) is 2. The van der Waals surface area contributed by atoms with E-state index in [1.165, 1.54) is 49.0 Å². The number of aromatic nitrogens is 1. The Morgan fingerprint density at radius 1 is 1.07 bits per heavy atom. The Labute approximate surface area is 236 Å². The Bertz CT molecular complexity index is 1530. The number of ketones is 1. The van der Waals surface area contributed by atoms with Gasteiger partial charge in [0.05, 0.1) is 17.5 Å². The van der Waals surface area contributed by atoms with E-state index < -0.39 is 44.8 Å². The maximum absolute atomic E-state index is 15.3. The van der Waals surface area contributed by atoms with Gasteiger partial charge in [-0.25, -0.2) is 17.2 Å². The SMILES string of the molecule is CCCC[S+]([O-])N[C@@H](CC)c1cc(=O)n(C)cc1-c1cc(NS(=O)(=O)CC)c(F)cc1C(=O)c1ccc(F)cc1. The monoisotopic (exact) mass is 593 g/mol. The fraction of sp³-hybridized carbons (Fsp3) is 0.357. The van der Waals surface area contributed by atoms with Gasteiger partial charge in [0.1, 0.15) is 17.4 Å². The zero-order valence-corrected chi connectivity index (χ0v) is 24.4. The normalized spacial score (nSPS) is 13.2. The van der Waals surface area contributed by atoms with Crippen LogP contribution in [-0.4, -0.2) is 34.8 Å². The van der Waals surface area contributed by atoms with E-state index in [0.29, 0.717) is 23.3 Å². The summed E-state index contributed by atoms with van der Waals surface area (Å²) in [6.07, 6.45) is 3.48. The van der Waals surface area contributed by atoms with E-state index in [2.05, 4.69) is 9.44 Å². The van der Waals surface area contributed by atoms with Crippen molar-refractivity contribution in [3.05, 3.63) is 87.3 Å². The molecule has 0 saturated heterocycles. The predicted molar refractivity (Wildman–Crippen MR) is 154 cm³/mol. The Balaban J connectivity index is 2.30. The van der Waals surface area contributed by atoms with Crippen molar-refractivity contribution in [1.82, 2.24) is 9.29 Å². The van der Waals surface area contributed by atoms with Gasteiger partial charge in [0, 0.05) is 47.4 Å². The van der Waals surface area contributed by atoms with Gasteiger partial charge in [-0.05, 0) is 67.3 Å². The number of aryl methyl sites for hydroxylation is 1. The first-order valence-electron chi connectivity index (χ1n) is 12.9. The van der Waals surface area contributed by atoms with Gasteiger partial charge in [-0.1, -0.05) is 20.3 Å². The number of hydrogen-bond acceptors (Lipinski definition) is 6. The number of carbonyl (C=O) groups is 1. The zero-order chi connectivity index (χ0) is 29.6. The van der Waals surface area contributed by atoms with Gasteiger partial charge in [-0.3, -0.25) is 14.3 Å². The average Bonchev–Trinajstić information content (AvgIpc) is 2.92. The molecule has 216 valence electrons. The van der Waals surface area contributed by atoms with E-state index in [1.54, 1.807) is 0 Å². The maximum Gasteiger partial charge on any atom is 0.250 e. The van der Waals surface area contributed by atoms with Gasteiger partial charge >= 0.3 is 0 Å². The van der Waals surface area contributed by atoms with Crippen LogP contribution in [0.25, 0.3) is 11.1 Å². The quantitative estimate of drug-likeness (QED) is 0.216. The predicted octanol–water partition coefficient (Wildman–Crippen LogP) is 4.83. The third kappa shape index (κ3) is 7.57. The summed E-state index contributed by atoms with van der Waals surface area (Å²) >= 11 is -1.41. The summed E-state index contributed by atoms with van der Waals surface area (Å²) in [5, 5.41) is 0. The second-order valence-corrected chi connectivity index (χ2v) is 12.6. The number of halogens is 2. The molecule has 3 aromatic rings. The minimum Gasteiger partial charge on any atom is -0.598 e. The third-order valence-electron chi connectivity index (χ3n) is 6.39. The van der Waals surface area contributed by atoms with Crippen LogP contribution in [0.1, 0.15) is 67.6 Å². The van der Waals surface area contributed by atoms with E-state index in [4.69, 9.17) is 0 Å². The lowest BCUT2D eigenvalue weighted by atomic mass is 9.89. The molecule has 2 atom stereocenters. The maximum atomic E-state index is 15.3. The largest absolute Gasteiger partial charge is 0.598 e. The van der Waals surface area contributed by atoms with Crippen molar-refractivity contribution < 1.29 is 26.5 Å². The number of rotatable bonds is 13. The molecule has 2 N–H and O–H groups in total. The van der Waals surface area contributed by atoms with Gasteiger partial charge in [0.15, 0.2) is 5.78 Å². The minimum absolute atomic E-state index is 0.0844. The van der Waals surface area contributed by atoms with E-state index in [-0.39, 0.29) is 33.7 Å². The van der Waals surface area contributed by atoms with Crippen LogP contribution in [0.2, 0.25) is 0 Å². The molecular formula is C28H33F2N3O5S2. The molecule has 0 aliphatic rings. The van der Waals surface area contributed by atoms with Crippen LogP contribution in [0, 0.1) is 11.6 Å². The molecule has 2 aromatic carbocycles. The van der Waals surface area contributed by atoms with Crippen LogP contribution in [0.4, 0.5) is 14.5 Å². The molecule has 8 nitrogen and oxygen atoms in total. The molecule has 12 heteroatoms. The standard InChI is InChI=1S/C28H33F2N3O5S2/c1-5-8-13-39(36)31-25(6-2)21-16-27(34)33(4)17-23(21)20-15-26(32-40(37,38)7-3)24(30)14-22(20)28(35)18-9-11-19(29)12-10-18/h9-12,14-17,25,31-32H,5-8,13H2,1-4H3/t25-,39?/m0/s1. The molecule has 40 heavy (non-hydrogen) atoms. The van der Waals surface area contributed by atoms with Crippen molar-refractivity contribution >= 4 is 32.9 Å². The lowest BCUT2D eigenvalue weighted by Crippen LogP contribution is -2.32. The molecule has 0 aliphatic carbocycles. The molecule has 0 radical (unpaired) electrons. The number of sulfonamides is 1. The molecular weight excluding hydrogens is 560 g/mol. The lowest BCUT2D eigenvalue weighted by molar-refractivity contribution is 0.103. The second-order valence-electron chi connectivity index (χ2n) is 9.29. The number of carbonyl (C=O) groups excluding carboxylic acids is 1. The molecule has 1 aromatic heterocycles. The molecule has 1 heterocycles. The molecule has 0 spiro atoms. The fourth-order valence-corrected chi connectivity index (χ4v) is 5.99. The van der Waals surface area contributed by atoms with Gasteiger partial charge in [-0.15, -0.1) is 4.72 Å². The average molecular weight is 594 g/mol. The molecule has 0 aliphatic heterocycles. The number of pyridine rings is 1. The van der Waals surface area contributed by atoms with Gasteiger partial charge in [0.25, 0.3) is 5.56 Å². The number of anilines is 1. The first kappa shape index (κ1) is 31.5. The molecule has 0 bridgehead atoms. The Hall–Kier alpha value is -3.06. The van der Waals surface area contributed by atoms with Crippen LogP contribution in [0.3, 0.4) is 0 Å². The first-order valence-corrected chi connectivity index (χ1v) is 15.9. The molecule has 0 amide bonds. The van der Waals surface area contributed by atoms with Crippen LogP contribution in [-0.2, 0) is 28.4 Å². The number of nitrogens with zero attached hydrogens (tertiary/aromatic N) is 1. The van der Waals surface area contributed by atoms with Crippen molar-refractivity contribution in [2.75, 3.05) is 16.2 Å². The zero-order valence-electron chi connectivity index (χ0n) is 22.8. The van der Waals surface area contributed by atoms with Gasteiger partial charge < -0.3 is 9.12 Å². The fourth-order valence-electron chi connectivity index (χ4n) is 4.08. The minimum atomic E-state index is -3.88. The van der Waals surface area contributed by atoms with Crippen molar-refractivity contribution in [2.24, 2.45) is 7.05 Å².